The van der Waals surface area contributed by atoms with Gasteiger partial charge in [0.25, 0.3) is 23.6 Å². The van der Waals surface area contributed by atoms with Gasteiger partial charge in [-0.3, -0.25) is 33.6 Å². The molecular formula is C59H84N8O15. The Morgan fingerprint density at radius 2 is 1.05 bits per heavy atom. The van der Waals surface area contributed by atoms with Gasteiger partial charge in [0, 0.05) is 62.8 Å². The number of unbranched alkanes of at least 4 members (excludes halogenated alkanes) is 2. The van der Waals surface area contributed by atoms with E-state index in [0.717, 1.165) is 0 Å². The SMILES string of the molecule is CC(C)(CCOC(C)(C)CCC(=O)ON1C(=O)CCC1=O)NC(=O)[C@H](CCCCNC(=O)OC(C)(C)C)NC(=O)[C@H](Cc1ccccc1)NC(=O)C#CC(=O)N[C@@H](Cc1ccccc1)C(=O)N[C@H](C=O)CCCCNC(=O)OC(C)(C)C. The minimum absolute atomic E-state index is 0.00464. The Morgan fingerprint density at radius 3 is 1.51 bits per heavy atom. The van der Waals surface area contributed by atoms with E-state index in [1.165, 1.54) is 0 Å². The van der Waals surface area contributed by atoms with Crippen LogP contribution in [0.15, 0.2) is 60.7 Å². The molecule has 0 bridgehead atoms. The van der Waals surface area contributed by atoms with Gasteiger partial charge in [-0.25, -0.2) is 14.4 Å². The summed E-state index contributed by atoms with van der Waals surface area (Å²) in [5, 5.41) is 19.4. The highest BCUT2D eigenvalue weighted by atomic mass is 16.7. The first-order valence-corrected chi connectivity index (χ1v) is 27.7. The molecule has 450 valence electrons. The topological polar surface area (TPSA) is 312 Å². The van der Waals surface area contributed by atoms with E-state index in [9.17, 15) is 52.7 Å². The molecule has 82 heavy (non-hydrogen) atoms. The first kappa shape index (κ1) is 68.4. The fourth-order valence-electron chi connectivity index (χ4n) is 7.94. The number of nitrogens with one attached hydrogen (secondary N) is 7. The molecule has 0 aliphatic carbocycles. The second-order valence-electron chi connectivity index (χ2n) is 23.1. The Hall–Kier alpha value is -7.87. The number of carbonyl (C=O) groups is 11. The summed E-state index contributed by atoms with van der Waals surface area (Å²) >= 11 is 0. The summed E-state index contributed by atoms with van der Waals surface area (Å²) in [6.45, 7) is 18.1. The molecule has 1 aliphatic heterocycles. The van der Waals surface area contributed by atoms with E-state index in [4.69, 9.17) is 19.0 Å². The van der Waals surface area contributed by atoms with Crippen molar-refractivity contribution in [3.05, 3.63) is 71.8 Å². The van der Waals surface area contributed by atoms with Crippen LogP contribution in [0.3, 0.4) is 0 Å². The van der Waals surface area contributed by atoms with Crippen LogP contribution >= 0.6 is 0 Å². The maximum Gasteiger partial charge on any atom is 0.407 e. The van der Waals surface area contributed by atoms with Crippen molar-refractivity contribution in [1.82, 2.24) is 42.3 Å². The van der Waals surface area contributed by atoms with E-state index in [1.54, 1.807) is 130 Å². The largest absolute Gasteiger partial charge is 0.444 e. The second kappa shape index (κ2) is 33.2. The van der Waals surface area contributed by atoms with Crippen molar-refractivity contribution in [1.29, 1.82) is 0 Å². The van der Waals surface area contributed by atoms with Crippen LogP contribution < -0.4 is 37.2 Å². The Balaban J connectivity index is 1.74. The molecule has 3 rings (SSSR count). The van der Waals surface area contributed by atoms with Crippen LogP contribution in [0.25, 0.3) is 0 Å². The van der Waals surface area contributed by atoms with Gasteiger partial charge in [-0.2, -0.15) is 0 Å². The molecule has 0 unspecified atom stereocenters. The zero-order valence-electron chi connectivity index (χ0n) is 49.0. The highest BCUT2D eigenvalue weighted by Crippen LogP contribution is 2.21. The van der Waals surface area contributed by atoms with Crippen molar-refractivity contribution >= 4 is 65.8 Å². The lowest BCUT2D eigenvalue weighted by Gasteiger charge is -2.32. The highest BCUT2D eigenvalue weighted by molar-refractivity contribution is 6.05. The summed E-state index contributed by atoms with van der Waals surface area (Å²) in [5.41, 5.74) is -1.85. The van der Waals surface area contributed by atoms with Crippen LogP contribution in [0.4, 0.5) is 9.59 Å². The molecule has 1 saturated heterocycles. The van der Waals surface area contributed by atoms with Crippen LogP contribution in [0.5, 0.6) is 0 Å². The Labute approximate surface area is 480 Å². The van der Waals surface area contributed by atoms with Crippen molar-refractivity contribution in [2.45, 2.75) is 199 Å². The molecule has 0 radical (unpaired) electrons. The number of hydrogen-bond acceptors (Lipinski definition) is 15. The van der Waals surface area contributed by atoms with E-state index in [2.05, 4.69) is 49.1 Å². The number of hydroxylamine groups is 2. The van der Waals surface area contributed by atoms with E-state index in [1.807, 2.05) is 0 Å². The lowest BCUT2D eigenvalue weighted by molar-refractivity contribution is -0.198. The van der Waals surface area contributed by atoms with Crippen molar-refractivity contribution in [3.63, 3.8) is 0 Å². The average molecular weight is 1150 g/mol. The van der Waals surface area contributed by atoms with Gasteiger partial charge in [0.1, 0.15) is 35.6 Å². The molecule has 9 amide bonds. The molecule has 2 aromatic carbocycles. The van der Waals surface area contributed by atoms with Gasteiger partial charge in [-0.05, 0) is 132 Å². The summed E-state index contributed by atoms with van der Waals surface area (Å²) < 4.78 is 16.7. The molecule has 0 saturated carbocycles. The Morgan fingerprint density at radius 1 is 0.585 bits per heavy atom. The average Bonchev–Trinajstić information content (AvgIpc) is 3.69. The van der Waals surface area contributed by atoms with Crippen LogP contribution in [0.2, 0.25) is 0 Å². The quantitative estimate of drug-likeness (QED) is 0.0237. The maximum atomic E-state index is 14.3. The molecule has 7 N–H and O–H groups in total. The predicted octanol–water partition coefficient (Wildman–Crippen LogP) is 4.47. The smallest absolute Gasteiger partial charge is 0.407 e. The number of aldehydes is 1. The summed E-state index contributed by atoms with van der Waals surface area (Å²) in [5.74, 6) is -1.55. The first-order valence-electron chi connectivity index (χ1n) is 27.7. The standard InChI is InChI=1S/C59H84N8O15/c1-56(2,3)80-54(77)60-34-19-17-25-42(39-68)62-51(74)44(37-40-21-13-11-14-22-40)63-46(69)27-28-47(70)64-45(38-41-23-15-12-16-24-41)52(75)65-43(26-18-20-35-61-55(78)81-57(4,5)6)53(76)66-58(7,8)33-36-79-59(9,10)32-31-50(73)82-67-48(71)29-30-49(67)72/h11-16,21-24,39,42-45H,17-20,25-26,29-38H2,1-10H3,(H,60,77)(H,61,78)(H,62,74)(H,63,69)(H,64,70)(H,65,75)(H,66,76)/t42-,43-,44-,45-/m0/s1. The number of benzene rings is 2. The van der Waals surface area contributed by atoms with Crippen LogP contribution in [0, 0.1) is 11.8 Å². The normalized spacial score (nSPS) is 14.0. The molecule has 0 spiro atoms. The predicted molar refractivity (Wildman–Crippen MR) is 301 cm³/mol. The van der Waals surface area contributed by atoms with Gasteiger partial charge >= 0.3 is 18.2 Å². The lowest BCUT2D eigenvalue weighted by Crippen LogP contribution is -2.57. The third kappa shape index (κ3) is 28.5. The van der Waals surface area contributed by atoms with Crippen molar-refractivity contribution in [2.24, 2.45) is 0 Å². The highest BCUT2D eigenvalue weighted by Gasteiger charge is 2.35. The van der Waals surface area contributed by atoms with Gasteiger partial charge in [-0.15, -0.1) is 5.06 Å². The number of carbonyl (C=O) groups excluding carboxylic acids is 11. The number of imide groups is 1. The molecule has 1 aliphatic rings. The van der Waals surface area contributed by atoms with E-state index in [0.29, 0.717) is 48.2 Å². The van der Waals surface area contributed by atoms with Crippen molar-refractivity contribution in [2.75, 3.05) is 19.7 Å². The number of rotatable bonds is 31. The number of amides is 9. The summed E-state index contributed by atoms with van der Waals surface area (Å²) in [7, 11) is 0. The Kier molecular flexibility index (Phi) is 27.7. The molecule has 1 fully saturated rings. The Bertz CT molecular complexity index is 2550. The summed E-state index contributed by atoms with van der Waals surface area (Å²) in [4.78, 5) is 147. The molecule has 1 heterocycles. The van der Waals surface area contributed by atoms with E-state index in [-0.39, 0.29) is 77.5 Å². The van der Waals surface area contributed by atoms with Crippen LogP contribution in [0.1, 0.15) is 151 Å². The fourth-order valence-corrected chi connectivity index (χ4v) is 7.94. The molecule has 23 nitrogen and oxygen atoms in total. The van der Waals surface area contributed by atoms with Gasteiger partial charge < -0.3 is 61.1 Å². The third-order valence-electron chi connectivity index (χ3n) is 12.2. The maximum absolute atomic E-state index is 14.3. The molecule has 2 aromatic rings. The van der Waals surface area contributed by atoms with Gasteiger partial charge in [0.2, 0.25) is 17.7 Å². The molecule has 4 atom stereocenters. The zero-order chi connectivity index (χ0) is 61.1. The molecule has 0 aromatic heterocycles. The van der Waals surface area contributed by atoms with E-state index < -0.39 is 106 Å². The minimum atomic E-state index is -1.32. The first-order chi connectivity index (χ1) is 38.4. The number of nitrogens with zero attached hydrogens (tertiary/aromatic N) is 1. The number of alkyl carbamates (subject to hydrolysis) is 2. The minimum Gasteiger partial charge on any atom is -0.444 e. The zero-order valence-corrected chi connectivity index (χ0v) is 49.0. The van der Waals surface area contributed by atoms with Gasteiger partial charge in [0.15, 0.2) is 0 Å². The van der Waals surface area contributed by atoms with Crippen LogP contribution in [-0.4, -0.2) is 137 Å². The third-order valence-corrected chi connectivity index (χ3v) is 12.2. The monoisotopic (exact) mass is 1140 g/mol. The number of ether oxygens (including phenoxy) is 3. The lowest BCUT2D eigenvalue weighted by atomic mass is 9.98. The molecule has 23 heteroatoms. The summed E-state index contributed by atoms with van der Waals surface area (Å²) in [6, 6.07) is 12.9. The second-order valence-corrected chi connectivity index (χ2v) is 23.1. The van der Waals surface area contributed by atoms with Crippen LogP contribution in [-0.2, 0) is 75.0 Å². The van der Waals surface area contributed by atoms with Crippen molar-refractivity contribution < 1.29 is 71.8 Å². The van der Waals surface area contributed by atoms with Crippen molar-refractivity contribution in [3.8, 4) is 11.8 Å². The van der Waals surface area contributed by atoms with Gasteiger partial charge in [-0.1, -0.05) is 60.7 Å². The molecular weight excluding hydrogens is 1060 g/mol. The van der Waals surface area contributed by atoms with E-state index >= 15 is 0 Å². The number of hydrogen-bond donors (Lipinski definition) is 7. The fraction of sp³-hybridized carbons (Fsp3) is 0.576. The van der Waals surface area contributed by atoms with Gasteiger partial charge in [0.05, 0.1) is 18.1 Å². The summed E-state index contributed by atoms with van der Waals surface area (Å²) in [6.07, 6.45) is 1.62.